The van der Waals surface area contributed by atoms with Crippen LogP contribution in [0.25, 0.3) is 11.5 Å². The van der Waals surface area contributed by atoms with Crippen LogP contribution in [0.2, 0.25) is 0 Å². The van der Waals surface area contributed by atoms with E-state index >= 15 is 0 Å². The van der Waals surface area contributed by atoms with Gasteiger partial charge in [0.25, 0.3) is 5.91 Å². The Balaban J connectivity index is 1.53. The number of hydrogen-bond acceptors (Lipinski definition) is 6. The maximum atomic E-state index is 12.9. The fourth-order valence-electron chi connectivity index (χ4n) is 4.00. The Morgan fingerprint density at radius 1 is 1.15 bits per heavy atom. The average molecular weight is 368 g/mol. The highest BCUT2D eigenvalue weighted by Crippen LogP contribution is 2.44. The van der Waals surface area contributed by atoms with Crippen LogP contribution in [-0.2, 0) is 9.53 Å². The fraction of sp³-hybridized carbons (Fsp3) is 0.421. The first-order chi connectivity index (χ1) is 13.1. The molecule has 0 aliphatic carbocycles. The van der Waals surface area contributed by atoms with Crippen molar-refractivity contribution in [2.75, 3.05) is 26.3 Å². The molecule has 1 unspecified atom stereocenters. The van der Waals surface area contributed by atoms with Crippen LogP contribution in [0.5, 0.6) is 0 Å². The van der Waals surface area contributed by atoms with E-state index in [4.69, 9.17) is 4.74 Å². The summed E-state index contributed by atoms with van der Waals surface area (Å²) in [5.41, 5.74) is 0.571. The normalized spacial score (nSPS) is 21.3. The van der Waals surface area contributed by atoms with Crippen molar-refractivity contribution in [3.63, 3.8) is 0 Å². The zero-order valence-corrected chi connectivity index (χ0v) is 14.7. The van der Waals surface area contributed by atoms with Crippen molar-refractivity contribution in [2.45, 2.75) is 12.8 Å². The summed E-state index contributed by atoms with van der Waals surface area (Å²) in [6, 6.07) is 5.44. The van der Waals surface area contributed by atoms with E-state index in [1.807, 2.05) is 6.07 Å². The average Bonchev–Trinajstić information content (AvgIpc) is 3.07. The molecule has 140 valence electrons. The van der Waals surface area contributed by atoms with Crippen molar-refractivity contribution in [1.29, 1.82) is 0 Å². The lowest BCUT2D eigenvalue weighted by molar-refractivity contribution is -0.146. The van der Waals surface area contributed by atoms with Gasteiger partial charge < -0.3 is 14.7 Å². The topological polar surface area (TPSA) is 106 Å². The van der Waals surface area contributed by atoms with Crippen LogP contribution in [0.4, 0.5) is 0 Å². The number of hydrogen-bond donors (Lipinski definition) is 1. The number of aromatic nitrogens is 3. The van der Waals surface area contributed by atoms with Gasteiger partial charge in [-0.2, -0.15) is 0 Å². The second-order valence-electron chi connectivity index (χ2n) is 7.06. The number of pyridine rings is 1. The molecular weight excluding hydrogens is 348 g/mol. The zero-order chi connectivity index (χ0) is 18.9. The third-order valence-electron chi connectivity index (χ3n) is 5.51. The summed E-state index contributed by atoms with van der Waals surface area (Å²) < 4.78 is 5.40. The molecule has 0 saturated carbocycles. The van der Waals surface area contributed by atoms with Crippen LogP contribution in [-0.4, -0.2) is 63.1 Å². The molecule has 2 aliphatic rings. The largest absolute Gasteiger partial charge is 0.481 e. The van der Waals surface area contributed by atoms with Gasteiger partial charge in [0.15, 0.2) is 5.82 Å². The maximum Gasteiger partial charge on any atom is 0.308 e. The van der Waals surface area contributed by atoms with Gasteiger partial charge >= 0.3 is 5.97 Å². The molecule has 2 fully saturated rings. The molecular formula is C19H20N4O4. The highest BCUT2D eigenvalue weighted by Gasteiger charge is 2.52. The summed E-state index contributed by atoms with van der Waals surface area (Å²) in [4.78, 5) is 39.0. The van der Waals surface area contributed by atoms with Crippen LogP contribution < -0.4 is 0 Å². The van der Waals surface area contributed by atoms with E-state index in [0.717, 1.165) is 0 Å². The molecule has 2 saturated heterocycles. The van der Waals surface area contributed by atoms with Crippen LogP contribution in [0, 0.1) is 11.3 Å². The predicted octanol–water partition coefficient (Wildman–Crippen LogP) is 1.49. The first-order valence-electron chi connectivity index (χ1n) is 8.92. The Morgan fingerprint density at radius 2 is 1.89 bits per heavy atom. The lowest BCUT2D eigenvalue weighted by Crippen LogP contribution is -2.40. The summed E-state index contributed by atoms with van der Waals surface area (Å²) in [7, 11) is 0. The highest BCUT2D eigenvalue weighted by molar-refractivity contribution is 5.94. The third-order valence-corrected chi connectivity index (χ3v) is 5.51. The van der Waals surface area contributed by atoms with Gasteiger partial charge in [-0.3, -0.25) is 14.6 Å². The van der Waals surface area contributed by atoms with Gasteiger partial charge in [0.2, 0.25) is 0 Å². The van der Waals surface area contributed by atoms with E-state index < -0.39 is 17.3 Å². The molecule has 4 heterocycles. The summed E-state index contributed by atoms with van der Waals surface area (Å²) in [6.07, 6.45) is 5.92. The van der Waals surface area contributed by atoms with Gasteiger partial charge in [-0.25, -0.2) is 9.97 Å². The van der Waals surface area contributed by atoms with Crippen molar-refractivity contribution in [2.24, 2.45) is 11.3 Å². The second kappa shape index (κ2) is 7.03. The number of aliphatic carboxylic acids is 1. The van der Waals surface area contributed by atoms with Crippen LogP contribution in [0.1, 0.15) is 23.2 Å². The Kier molecular flexibility index (Phi) is 4.57. The molecule has 8 nitrogen and oxygen atoms in total. The van der Waals surface area contributed by atoms with E-state index in [1.165, 1.54) is 12.4 Å². The lowest BCUT2D eigenvalue weighted by atomic mass is 9.72. The SMILES string of the molecule is O=C(O)C1CN(C(=O)c2cnc(-c3ccccn3)nc2)CC12CCOCC2. The van der Waals surface area contributed by atoms with E-state index in [0.29, 0.717) is 49.7 Å². The van der Waals surface area contributed by atoms with Gasteiger partial charge in [-0.05, 0) is 25.0 Å². The summed E-state index contributed by atoms with van der Waals surface area (Å²) >= 11 is 0. The van der Waals surface area contributed by atoms with Gasteiger partial charge in [-0.1, -0.05) is 6.07 Å². The minimum Gasteiger partial charge on any atom is -0.481 e. The van der Waals surface area contributed by atoms with Crippen LogP contribution >= 0.6 is 0 Å². The standard InChI is InChI=1S/C19H20N4O4/c24-17(13-9-21-16(22-10-13)15-3-1-2-6-20-15)23-11-14(18(25)26)19(12-23)4-7-27-8-5-19/h1-3,6,9-10,14H,4-5,7-8,11-12H2,(H,25,26). The molecule has 0 aromatic carbocycles. The fourth-order valence-corrected chi connectivity index (χ4v) is 4.00. The monoisotopic (exact) mass is 368 g/mol. The first-order valence-corrected chi connectivity index (χ1v) is 8.92. The molecule has 2 aromatic rings. The zero-order valence-electron chi connectivity index (χ0n) is 14.7. The molecule has 1 amide bonds. The molecule has 2 aliphatic heterocycles. The minimum absolute atomic E-state index is 0.205. The van der Waals surface area contributed by atoms with Gasteiger partial charge in [-0.15, -0.1) is 0 Å². The number of carboxylic acids is 1. The highest BCUT2D eigenvalue weighted by atomic mass is 16.5. The van der Waals surface area contributed by atoms with Gasteiger partial charge in [0.1, 0.15) is 5.69 Å². The molecule has 4 rings (SSSR count). The number of nitrogens with zero attached hydrogens (tertiary/aromatic N) is 4. The van der Waals surface area contributed by atoms with Crippen molar-refractivity contribution in [3.8, 4) is 11.5 Å². The Labute approximate surface area is 156 Å². The number of carbonyl (C=O) groups is 2. The number of likely N-dealkylation sites (tertiary alicyclic amines) is 1. The number of carboxylic acid groups (broad SMARTS) is 1. The van der Waals surface area contributed by atoms with Crippen LogP contribution in [0.3, 0.4) is 0 Å². The van der Waals surface area contributed by atoms with Crippen molar-refractivity contribution in [3.05, 3.63) is 42.4 Å². The summed E-state index contributed by atoms with van der Waals surface area (Å²) in [5.74, 6) is -1.22. The van der Waals surface area contributed by atoms with Gasteiger partial charge in [0, 0.05) is 50.3 Å². The number of amides is 1. The number of ether oxygens (including phenoxy) is 1. The molecule has 8 heteroatoms. The predicted molar refractivity (Wildman–Crippen MR) is 94.8 cm³/mol. The van der Waals surface area contributed by atoms with Crippen LogP contribution in [0.15, 0.2) is 36.8 Å². The van der Waals surface area contributed by atoms with E-state index in [-0.39, 0.29) is 12.5 Å². The van der Waals surface area contributed by atoms with Crippen molar-refractivity contribution >= 4 is 11.9 Å². The first kappa shape index (κ1) is 17.5. The number of carbonyl (C=O) groups excluding carboxylic acids is 1. The smallest absolute Gasteiger partial charge is 0.308 e. The molecule has 1 atom stereocenters. The molecule has 27 heavy (non-hydrogen) atoms. The molecule has 2 aromatic heterocycles. The Morgan fingerprint density at radius 3 is 2.52 bits per heavy atom. The Bertz CT molecular complexity index is 835. The summed E-state index contributed by atoms with van der Waals surface area (Å²) in [6.45, 7) is 1.70. The lowest BCUT2D eigenvalue weighted by Gasteiger charge is -2.36. The molecule has 1 N–H and O–H groups in total. The molecule has 1 spiro atoms. The van der Waals surface area contributed by atoms with E-state index in [2.05, 4.69) is 15.0 Å². The molecule has 0 radical (unpaired) electrons. The quantitative estimate of drug-likeness (QED) is 0.875. The van der Waals surface area contributed by atoms with Crippen molar-refractivity contribution in [1.82, 2.24) is 19.9 Å². The second-order valence-corrected chi connectivity index (χ2v) is 7.06. The number of rotatable bonds is 3. The third kappa shape index (κ3) is 3.28. The maximum absolute atomic E-state index is 12.9. The van der Waals surface area contributed by atoms with E-state index in [1.54, 1.807) is 23.2 Å². The Hall–Kier alpha value is -2.87. The molecule has 0 bridgehead atoms. The summed E-state index contributed by atoms with van der Waals surface area (Å²) in [5, 5.41) is 9.65. The van der Waals surface area contributed by atoms with E-state index in [9.17, 15) is 14.7 Å². The minimum atomic E-state index is -0.853. The van der Waals surface area contributed by atoms with Crippen molar-refractivity contribution < 1.29 is 19.4 Å². The van der Waals surface area contributed by atoms with Gasteiger partial charge in [0.05, 0.1) is 11.5 Å².